The maximum absolute atomic E-state index is 12.4. The van der Waals surface area contributed by atoms with Crippen molar-refractivity contribution in [3.05, 3.63) is 35.1 Å². The third-order valence-electron chi connectivity index (χ3n) is 3.23. The zero-order valence-corrected chi connectivity index (χ0v) is 12.3. The molecule has 0 aliphatic rings. The van der Waals surface area contributed by atoms with E-state index in [9.17, 15) is 22.8 Å². The number of fused-ring (bicyclic) bond motifs is 3. The van der Waals surface area contributed by atoms with Crippen molar-refractivity contribution >= 4 is 45.3 Å². The van der Waals surface area contributed by atoms with Crippen molar-refractivity contribution < 1.29 is 27.5 Å². The maximum atomic E-state index is 12.4. The van der Waals surface area contributed by atoms with E-state index < -0.39 is 23.8 Å². The summed E-state index contributed by atoms with van der Waals surface area (Å²) in [7, 11) is 0. The molecule has 0 saturated carbocycles. The summed E-state index contributed by atoms with van der Waals surface area (Å²) in [6.45, 7) is 0. The van der Waals surface area contributed by atoms with Gasteiger partial charge in [-0.3, -0.25) is 4.79 Å². The summed E-state index contributed by atoms with van der Waals surface area (Å²) < 4.78 is 41.6. The molecule has 0 spiro atoms. The van der Waals surface area contributed by atoms with Crippen LogP contribution in [0.1, 0.15) is 10.5 Å². The molecule has 6 nitrogen and oxygen atoms in total. The third kappa shape index (κ3) is 2.62. The Bertz CT molecular complexity index is 997. The number of nitrogens with two attached hydrogens (primary N) is 1. The first-order valence-corrected chi connectivity index (χ1v) is 6.75. The number of H-pyrrole nitrogens is 1. The van der Waals surface area contributed by atoms with Gasteiger partial charge in [0.15, 0.2) is 11.4 Å². The minimum Gasteiger partial charge on any atom is -0.418 e. The monoisotopic (exact) mass is 357 g/mol. The Hall–Kier alpha value is -2.81. The Morgan fingerprint density at radius 1 is 1.21 bits per heavy atom. The van der Waals surface area contributed by atoms with Gasteiger partial charge in [-0.2, -0.15) is 13.2 Å². The number of hydrogen-bond donors (Lipinski definition) is 2. The summed E-state index contributed by atoms with van der Waals surface area (Å²) in [5.41, 5.74) is 5.38. The number of halogens is 4. The number of nitrogens with zero attached hydrogens (tertiary/aromatic N) is 1. The lowest BCUT2D eigenvalue weighted by Gasteiger charge is -2.08. The summed E-state index contributed by atoms with van der Waals surface area (Å²) in [5.74, 6) is -3.64. The SMILES string of the molecule is NC(=O)c1nccc2c1[nH]c1c(OC(=O)C(F)(F)F)cc(Cl)cc12. The highest BCUT2D eigenvalue weighted by atomic mass is 35.5. The highest BCUT2D eigenvalue weighted by molar-refractivity contribution is 6.32. The molecule has 0 atom stereocenters. The highest BCUT2D eigenvalue weighted by Crippen LogP contribution is 2.36. The Labute approximate surface area is 136 Å². The number of aromatic amines is 1. The smallest absolute Gasteiger partial charge is 0.418 e. The standard InChI is InChI=1S/C14H7ClF3N3O3/c15-5-3-7-6-1-2-20-11(12(19)22)10(6)21-9(7)8(4-5)24-13(23)14(16,17)18/h1-4,21H,(H2,19,22). The van der Waals surface area contributed by atoms with Gasteiger partial charge in [-0.1, -0.05) is 11.6 Å². The number of amides is 1. The number of rotatable bonds is 2. The topological polar surface area (TPSA) is 98.1 Å². The number of benzene rings is 1. The van der Waals surface area contributed by atoms with Gasteiger partial charge in [0.2, 0.25) is 0 Å². The fraction of sp³-hybridized carbons (Fsp3) is 0.0714. The van der Waals surface area contributed by atoms with Crippen LogP contribution in [0.3, 0.4) is 0 Å². The molecule has 3 aromatic rings. The third-order valence-corrected chi connectivity index (χ3v) is 3.44. The molecule has 10 heteroatoms. The highest BCUT2D eigenvalue weighted by Gasteiger charge is 2.41. The van der Waals surface area contributed by atoms with Crippen LogP contribution in [0, 0.1) is 0 Å². The van der Waals surface area contributed by atoms with Crippen molar-refractivity contribution in [3.63, 3.8) is 0 Å². The van der Waals surface area contributed by atoms with Crippen molar-refractivity contribution in [2.75, 3.05) is 0 Å². The Balaban J connectivity index is 2.28. The fourth-order valence-corrected chi connectivity index (χ4v) is 2.49. The van der Waals surface area contributed by atoms with E-state index in [4.69, 9.17) is 17.3 Å². The second-order valence-electron chi connectivity index (χ2n) is 4.79. The van der Waals surface area contributed by atoms with Gasteiger partial charge in [0, 0.05) is 28.1 Å². The molecule has 3 rings (SSSR count). The molecule has 0 aliphatic heterocycles. The molecule has 1 aromatic carbocycles. The van der Waals surface area contributed by atoms with Gasteiger partial charge in [0.05, 0.1) is 11.0 Å². The molecule has 2 aromatic heterocycles. The lowest BCUT2D eigenvalue weighted by Crippen LogP contribution is -2.28. The van der Waals surface area contributed by atoms with E-state index >= 15 is 0 Å². The van der Waals surface area contributed by atoms with Crippen LogP contribution >= 0.6 is 11.6 Å². The predicted molar refractivity (Wildman–Crippen MR) is 78.8 cm³/mol. The van der Waals surface area contributed by atoms with Crippen LogP contribution in [-0.4, -0.2) is 28.0 Å². The number of alkyl halides is 3. The number of ether oxygens (including phenoxy) is 1. The van der Waals surface area contributed by atoms with E-state index in [1.165, 1.54) is 18.3 Å². The summed E-state index contributed by atoms with van der Waals surface area (Å²) in [5, 5.41) is 0.846. The van der Waals surface area contributed by atoms with E-state index in [-0.39, 0.29) is 21.7 Å². The normalized spacial score (nSPS) is 11.8. The van der Waals surface area contributed by atoms with Crippen LogP contribution in [0.25, 0.3) is 21.8 Å². The lowest BCUT2D eigenvalue weighted by atomic mass is 10.1. The number of hydrogen-bond acceptors (Lipinski definition) is 4. The maximum Gasteiger partial charge on any atom is 0.491 e. The summed E-state index contributed by atoms with van der Waals surface area (Å²) in [6.07, 6.45) is -3.85. The largest absolute Gasteiger partial charge is 0.491 e. The Kier molecular flexibility index (Phi) is 3.60. The zero-order chi connectivity index (χ0) is 17.6. The van der Waals surface area contributed by atoms with Crippen LogP contribution in [-0.2, 0) is 4.79 Å². The van der Waals surface area contributed by atoms with Gasteiger partial charge < -0.3 is 15.5 Å². The van der Waals surface area contributed by atoms with E-state index in [1.807, 2.05) is 0 Å². The summed E-state index contributed by atoms with van der Waals surface area (Å²) in [6, 6.07) is 4.03. The molecule has 124 valence electrons. The lowest BCUT2D eigenvalue weighted by molar-refractivity contribution is -0.189. The number of carbonyl (C=O) groups is 2. The van der Waals surface area contributed by atoms with Gasteiger partial charge in [-0.25, -0.2) is 9.78 Å². The fourth-order valence-electron chi connectivity index (χ4n) is 2.29. The van der Waals surface area contributed by atoms with Crippen LogP contribution in [0.2, 0.25) is 5.02 Å². The summed E-state index contributed by atoms with van der Waals surface area (Å²) in [4.78, 5) is 29.1. The first-order valence-electron chi connectivity index (χ1n) is 6.37. The van der Waals surface area contributed by atoms with E-state index in [2.05, 4.69) is 14.7 Å². The van der Waals surface area contributed by atoms with Crippen molar-refractivity contribution in [2.24, 2.45) is 5.73 Å². The molecule has 0 saturated heterocycles. The van der Waals surface area contributed by atoms with Gasteiger partial charge in [-0.05, 0) is 12.1 Å². The Morgan fingerprint density at radius 2 is 1.92 bits per heavy atom. The Morgan fingerprint density at radius 3 is 2.54 bits per heavy atom. The van der Waals surface area contributed by atoms with Crippen LogP contribution < -0.4 is 10.5 Å². The molecule has 0 fully saturated rings. The second-order valence-corrected chi connectivity index (χ2v) is 5.22. The van der Waals surface area contributed by atoms with Crippen molar-refractivity contribution in [3.8, 4) is 5.75 Å². The molecule has 0 aliphatic carbocycles. The number of carbonyl (C=O) groups excluding carboxylic acids is 2. The average Bonchev–Trinajstić information content (AvgIpc) is 2.84. The van der Waals surface area contributed by atoms with E-state index in [0.717, 1.165) is 6.07 Å². The summed E-state index contributed by atoms with van der Waals surface area (Å²) >= 11 is 5.89. The van der Waals surface area contributed by atoms with E-state index in [1.54, 1.807) is 0 Å². The number of aromatic nitrogens is 2. The first kappa shape index (κ1) is 16.1. The second kappa shape index (κ2) is 5.38. The number of pyridine rings is 1. The molecule has 1 amide bonds. The van der Waals surface area contributed by atoms with Crippen LogP contribution in [0.4, 0.5) is 13.2 Å². The van der Waals surface area contributed by atoms with Gasteiger partial charge in [-0.15, -0.1) is 0 Å². The first-order chi connectivity index (χ1) is 11.2. The average molecular weight is 358 g/mol. The van der Waals surface area contributed by atoms with E-state index in [0.29, 0.717) is 10.8 Å². The van der Waals surface area contributed by atoms with Crippen LogP contribution in [0.5, 0.6) is 5.75 Å². The molecule has 2 heterocycles. The molecule has 0 radical (unpaired) electrons. The van der Waals surface area contributed by atoms with Gasteiger partial charge in [0.25, 0.3) is 5.91 Å². The minimum atomic E-state index is -5.17. The molecule has 0 bridgehead atoms. The zero-order valence-electron chi connectivity index (χ0n) is 11.6. The van der Waals surface area contributed by atoms with Gasteiger partial charge in [0.1, 0.15) is 0 Å². The van der Waals surface area contributed by atoms with Crippen molar-refractivity contribution in [1.29, 1.82) is 0 Å². The molecule has 24 heavy (non-hydrogen) atoms. The number of nitrogens with one attached hydrogen (secondary N) is 1. The van der Waals surface area contributed by atoms with Crippen LogP contribution in [0.15, 0.2) is 24.4 Å². The van der Waals surface area contributed by atoms with Crippen molar-refractivity contribution in [1.82, 2.24) is 9.97 Å². The number of primary amides is 1. The predicted octanol–water partition coefficient (Wildman–Crippen LogP) is 2.94. The van der Waals surface area contributed by atoms with Crippen molar-refractivity contribution in [2.45, 2.75) is 6.18 Å². The number of esters is 1. The quantitative estimate of drug-likeness (QED) is 0.544. The molecular weight excluding hydrogens is 351 g/mol. The molecular formula is C14H7ClF3N3O3. The minimum absolute atomic E-state index is 0.0470. The molecule has 3 N–H and O–H groups in total. The molecule has 0 unspecified atom stereocenters. The van der Waals surface area contributed by atoms with Gasteiger partial charge >= 0.3 is 12.1 Å².